The number of hydrogen-bond donors (Lipinski definition) is 1. The van der Waals surface area contributed by atoms with Gasteiger partial charge >= 0.3 is 0 Å². The van der Waals surface area contributed by atoms with Gasteiger partial charge < -0.3 is 5.32 Å². The van der Waals surface area contributed by atoms with Gasteiger partial charge in [0.1, 0.15) is 9.34 Å². The van der Waals surface area contributed by atoms with Crippen LogP contribution in [-0.2, 0) is 13.1 Å². The van der Waals surface area contributed by atoms with Gasteiger partial charge in [-0.15, -0.1) is 22.7 Å². The number of halogens is 1. The van der Waals surface area contributed by atoms with E-state index in [9.17, 15) is 0 Å². The molecule has 2 aromatic heterocycles. The molecule has 0 radical (unpaired) electrons. The lowest BCUT2D eigenvalue weighted by Gasteiger charge is -1.98. The standard InChI is InChI=1S/C8H8ClN3S2/c9-7-2-11-8(14-7)3-10-1-6-4-13-5-12-6/h2,4-5,10H,1,3H2. The number of nitrogens with zero attached hydrogens (tertiary/aromatic N) is 2. The van der Waals surface area contributed by atoms with E-state index in [2.05, 4.69) is 15.3 Å². The van der Waals surface area contributed by atoms with E-state index in [0.29, 0.717) is 0 Å². The van der Waals surface area contributed by atoms with E-state index in [0.717, 1.165) is 28.1 Å². The molecule has 0 saturated carbocycles. The van der Waals surface area contributed by atoms with Gasteiger partial charge in [0.25, 0.3) is 0 Å². The van der Waals surface area contributed by atoms with Crippen LogP contribution in [0, 0.1) is 0 Å². The topological polar surface area (TPSA) is 37.8 Å². The second-order valence-corrected chi connectivity index (χ2v) is 5.11. The van der Waals surface area contributed by atoms with Crippen LogP contribution >= 0.6 is 34.3 Å². The van der Waals surface area contributed by atoms with Gasteiger partial charge in [-0.1, -0.05) is 11.6 Å². The van der Waals surface area contributed by atoms with Crippen molar-refractivity contribution in [2.75, 3.05) is 0 Å². The summed E-state index contributed by atoms with van der Waals surface area (Å²) in [5.74, 6) is 0. The van der Waals surface area contributed by atoms with E-state index >= 15 is 0 Å². The Balaban J connectivity index is 1.78. The molecule has 0 saturated heterocycles. The smallest absolute Gasteiger partial charge is 0.113 e. The number of nitrogens with one attached hydrogen (secondary N) is 1. The van der Waals surface area contributed by atoms with Gasteiger partial charge in [0.2, 0.25) is 0 Å². The lowest BCUT2D eigenvalue weighted by atomic mass is 10.5. The summed E-state index contributed by atoms with van der Waals surface area (Å²) in [4.78, 5) is 8.31. The molecular formula is C8H8ClN3S2. The van der Waals surface area contributed by atoms with Crippen molar-refractivity contribution in [2.45, 2.75) is 13.1 Å². The Kier molecular flexibility index (Phi) is 3.47. The molecule has 14 heavy (non-hydrogen) atoms. The predicted octanol–water partition coefficient (Wildman–Crippen LogP) is 2.54. The number of aromatic nitrogens is 2. The summed E-state index contributed by atoms with van der Waals surface area (Å²) >= 11 is 8.86. The summed E-state index contributed by atoms with van der Waals surface area (Å²) in [7, 11) is 0. The number of hydrogen-bond acceptors (Lipinski definition) is 5. The molecule has 0 bridgehead atoms. The predicted molar refractivity (Wildman–Crippen MR) is 59.8 cm³/mol. The van der Waals surface area contributed by atoms with E-state index < -0.39 is 0 Å². The highest BCUT2D eigenvalue weighted by molar-refractivity contribution is 7.15. The molecule has 0 aliphatic rings. The van der Waals surface area contributed by atoms with Crippen molar-refractivity contribution in [1.82, 2.24) is 15.3 Å². The van der Waals surface area contributed by atoms with Crippen LogP contribution in [0.25, 0.3) is 0 Å². The molecule has 6 heteroatoms. The van der Waals surface area contributed by atoms with Gasteiger partial charge in [-0.3, -0.25) is 0 Å². The van der Waals surface area contributed by atoms with Crippen molar-refractivity contribution < 1.29 is 0 Å². The third-order valence-corrected chi connectivity index (χ3v) is 3.34. The minimum atomic E-state index is 0.732. The van der Waals surface area contributed by atoms with E-state index in [1.54, 1.807) is 17.5 Å². The Bertz CT molecular complexity index is 385. The minimum Gasteiger partial charge on any atom is -0.305 e. The van der Waals surface area contributed by atoms with Gasteiger partial charge in [-0.25, -0.2) is 9.97 Å². The molecule has 2 rings (SSSR count). The van der Waals surface area contributed by atoms with Crippen molar-refractivity contribution in [3.8, 4) is 0 Å². The average molecular weight is 246 g/mol. The molecule has 0 aliphatic heterocycles. The first kappa shape index (κ1) is 10.0. The Morgan fingerprint density at radius 3 is 2.93 bits per heavy atom. The van der Waals surface area contributed by atoms with Crippen LogP contribution in [0.5, 0.6) is 0 Å². The fraction of sp³-hybridized carbons (Fsp3) is 0.250. The van der Waals surface area contributed by atoms with Crippen molar-refractivity contribution in [3.63, 3.8) is 0 Å². The lowest BCUT2D eigenvalue weighted by Crippen LogP contribution is -2.12. The highest BCUT2D eigenvalue weighted by atomic mass is 35.5. The maximum atomic E-state index is 5.76. The van der Waals surface area contributed by atoms with Crippen LogP contribution < -0.4 is 5.32 Å². The molecule has 0 aromatic carbocycles. The first-order valence-electron chi connectivity index (χ1n) is 4.02. The van der Waals surface area contributed by atoms with E-state index in [4.69, 9.17) is 11.6 Å². The molecule has 74 valence electrons. The van der Waals surface area contributed by atoms with E-state index in [-0.39, 0.29) is 0 Å². The van der Waals surface area contributed by atoms with Crippen LogP contribution in [-0.4, -0.2) is 9.97 Å². The van der Waals surface area contributed by atoms with Gasteiger partial charge in [0.15, 0.2) is 0 Å². The summed E-state index contributed by atoms with van der Waals surface area (Å²) in [5.41, 5.74) is 2.90. The Morgan fingerprint density at radius 1 is 1.36 bits per heavy atom. The van der Waals surface area contributed by atoms with Crippen LogP contribution in [0.2, 0.25) is 4.34 Å². The Labute approximate surface area is 94.8 Å². The highest BCUT2D eigenvalue weighted by Crippen LogP contribution is 2.17. The quantitative estimate of drug-likeness (QED) is 0.900. The molecule has 0 amide bonds. The first-order chi connectivity index (χ1) is 6.84. The summed E-state index contributed by atoms with van der Waals surface area (Å²) in [5, 5.41) is 6.29. The van der Waals surface area contributed by atoms with Crippen molar-refractivity contribution in [1.29, 1.82) is 0 Å². The van der Waals surface area contributed by atoms with Crippen LogP contribution in [0.3, 0.4) is 0 Å². The maximum Gasteiger partial charge on any atom is 0.113 e. The molecule has 0 aliphatic carbocycles. The van der Waals surface area contributed by atoms with E-state index in [1.807, 2.05) is 10.9 Å². The summed E-state index contributed by atoms with van der Waals surface area (Å²) < 4.78 is 0.732. The van der Waals surface area contributed by atoms with Crippen LogP contribution in [0.15, 0.2) is 17.1 Å². The van der Waals surface area contributed by atoms with Gasteiger partial charge in [-0.05, 0) is 0 Å². The van der Waals surface area contributed by atoms with Gasteiger partial charge in [-0.2, -0.15) is 0 Å². The SMILES string of the molecule is Clc1cnc(CNCc2cscn2)s1. The zero-order valence-corrected chi connectivity index (χ0v) is 9.62. The lowest BCUT2D eigenvalue weighted by molar-refractivity contribution is 0.679. The molecule has 2 aromatic rings. The maximum absolute atomic E-state index is 5.76. The second kappa shape index (κ2) is 4.84. The molecule has 0 atom stereocenters. The highest BCUT2D eigenvalue weighted by Gasteiger charge is 1.99. The van der Waals surface area contributed by atoms with Crippen LogP contribution in [0.1, 0.15) is 10.7 Å². The third kappa shape index (κ3) is 2.75. The van der Waals surface area contributed by atoms with Crippen molar-refractivity contribution >= 4 is 34.3 Å². The molecule has 0 spiro atoms. The number of rotatable bonds is 4. The average Bonchev–Trinajstić information content (AvgIpc) is 2.77. The fourth-order valence-corrected chi connectivity index (χ4v) is 2.48. The van der Waals surface area contributed by atoms with Crippen molar-refractivity contribution in [2.24, 2.45) is 0 Å². The molecule has 3 nitrogen and oxygen atoms in total. The zero-order valence-electron chi connectivity index (χ0n) is 7.24. The van der Waals surface area contributed by atoms with Crippen LogP contribution in [0.4, 0.5) is 0 Å². The fourth-order valence-electron chi connectivity index (χ4n) is 0.992. The van der Waals surface area contributed by atoms with Gasteiger partial charge in [0, 0.05) is 18.5 Å². The monoisotopic (exact) mass is 245 g/mol. The molecule has 0 unspecified atom stereocenters. The summed E-state index contributed by atoms with van der Waals surface area (Å²) in [6.45, 7) is 1.52. The van der Waals surface area contributed by atoms with Crippen molar-refractivity contribution in [3.05, 3.63) is 32.1 Å². The zero-order chi connectivity index (χ0) is 9.80. The summed E-state index contributed by atoms with van der Waals surface area (Å²) in [6, 6.07) is 0. The Hall–Kier alpha value is -0.490. The van der Waals surface area contributed by atoms with Gasteiger partial charge in [0.05, 0.1) is 17.4 Å². The minimum absolute atomic E-state index is 0.732. The summed E-state index contributed by atoms with van der Waals surface area (Å²) in [6.07, 6.45) is 1.67. The Morgan fingerprint density at radius 2 is 2.29 bits per heavy atom. The second-order valence-electron chi connectivity index (χ2n) is 2.64. The largest absolute Gasteiger partial charge is 0.305 e. The van der Waals surface area contributed by atoms with E-state index in [1.165, 1.54) is 11.3 Å². The third-order valence-electron chi connectivity index (χ3n) is 1.59. The molecule has 2 heterocycles. The molecular weight excluding hydrogens is 238 g/mol. The first-order valence-corrected chi connectivity index (χ1v) is 6.16. The molecule has 0 fully saturated rings. The normalized spacial score (nSPS) is 10.6. The number of thiazole rings is 2. The molecule has 1 N–H and O–H groups in total.